The summed E-state index contributed by atoms with van der Waals surface area (Å²) in [5, 5.41) is 3.02. The molecule has 0 aliphatic carbocycles. The monoisotopic (exact) mass is 361 g/mol. The molecule has 2 aromatic heterocycles. The normalized spacial score (nSPS) is 11.4. The number of methoxy groups -OCH3 is 1. The second-order valence-corrected chi connectivity index (χ2v) is 7.52. The van der Waals surface area contributed by atoms with Crippen LogP contribution >= 0.6 is 11.3 Å². The first-order valence-electron chi connectivity index (χ1n) is 8.56. The number of rotatable bonds is 8. The molecule has 2 rings (SSSR count). The van der Waals surface area contributed by atoms with Crippen molar-refractivity contribution in [2.75, 3.05) is 20.2 Å². The molecule has 136 valence electrons. The van der Waals surface area contributed by atoms with Gasteiger partial charge < -0.3 is 10.1 Å². The van der Waals surface area contributed by atoms with Crippen LogP contribution in [0.3, 0.4) is 0 Å². The topological polar surface area (TPSA) is 54.5 Å². The van der Waals surface area contributed by atoms with Crippen molar-refractivity contribution in [3.8, 4) is 16.3 Å². The highest BCUT2D eigenvalue weighted by atomic mass is 32.1. The molecule has 0 bridgehead atoms. The lowest BCUT2D eigenvalue weighted by atomic mass is 10.2. The highest BCUT2D eigenvalue weighted by molar-refractivity contribution is 7.17. The van der Waals surface area contributed by atoms with E-state index in [1.165, 1.54) is 11.3 Å². The minimum absolute atomic E-state index is 0.0230. The summed E-state index contributed by atoms with van der Waals surface area (Å²) in [6.07, 6.45) is 1.76. The van der Waals surface area contributed by atoms with Crippen LogP contribution in [-0.2, 0) is 0 Å². The van der Waals surface area contributed by atoms with E-state index in [0.29, 0.717) is 29.4 Å². The van der Waals surface area contributed by atoms with Gasteiger partial charge in [0, 0.05) is 47.9 Å². The van der Waals surface area contributed by atoms with Crippen LogP contribution in [0.15, 0.2) is 30.5 Å². The Labute approximate surface area is 154 Å². The van der Waals surface area contributed by atoms with E-state index in [1.54, 1.807) is 13.3 Å². The lowest BCUT2D eigenvalue weighted by Crippen LogP contribution is -2.42. The summed E-state index contributed by atoms with van der Waals surface area (Å²) in [5.74, 6) is 0.559. The molecule has 0 aliphatic rings. The Balaban J connectivity index is 1.93. The first-order chi connectivity index (χ1) is 11.9. The predicted octanol–water partition coefficient (Wildman–Crippen LogP) is 3.67. The number of pyridine rings is 1. The average Bonchev–Trinajstić information content (AvgIpc) is 3.08. The Morgan fingerprint density at radius 2 is 1.92 bits per heavy atom. The molecule has 6 heteroatoms. The van der Waals surface area contributed by atoms with Crippen molar-refractivity contribution in [1.82, 2.24) is 15.2 Å². The first-order valence-corrected chi connectivity index (χ1v) is 9.38. The predicted molar refractivity (Wildman–Crippen MR) is 103 cm³/mol. The van der Waals surface area contributed by atoms with Crippen molar-refractivity contribution >= 4 is 17.2 Å². The Bertz CT molecular complexity index is 672. The van der Waals surface area contributed by atoms with Crippen molar-refractivity contribution < 1.29 is 9.53 Å². The van der Waals surface area contributed by atoms with E-state index in [9.17, 15) is 4.79 Å². The largest absolute Gasteiger partial charge is 0.481 e. The van der Waals surface area contributed by atoms with Crippen LogP contribution in [0, 0.1) is 0 Å². The fourth-order valence-electron chi connectivity index (χ4n) is 2.76. The molecular formula is C19H27N3O2S. The number of nitrogens with one attached hydrogen (secondary N) is 1. The number of thiophene rings is 1. The summed E-state index contributed by atoms with van der Waals surface area (Å²) in [5.41, 5.74) is 0.982. The van der Waals surface area contributed by atoms with Gasteiger partial charge in [0.1, 0.15) is 0 Å². The van der Waals surface area contributed by atoms with Crippen LogP contribution in [0.4, 0.5) is 0 Å². The van der Waals surface area contributed by atoms with Crippen molar-refractivity contribution in [2.45, 2.75) is 39.8 Å². The van der Waals surface area contributed by atoms with Gasteiger partial charge in [-0.1, -0.05) is 0 Å². The van der Waals surface area contributed by atoms with E-state index < -0.39 is 0 Å². The fourth-order valence-corrected chi connectivity index (χ4v) is 3.67. The number of amides is 1. The highest BCUT2D eigenvalue weighted by Crippen LogP contribution is 2.28. The maximum absolute atomic E-state index is 12.4. The summed E-state index contributed by atoms with van der Waals surface area (Å²) < 4.78 is 5.07. The van der Waals surface area contributed by atoms with E-state index in [-0.39, 0.29) is 5.91 Å². The zero-order valence-corrected chi connectivity index (χ0v) is 16.4. The van der Waals surface area contributed by atoms with Crippen LogP contribution in [0.25, 0.3) is 10.4 Å². The number of carbonyl (C=O) groups excluding carboxylic acids is 1. The molecule has 0 spiro atoms. The molecule has 0 radical (unpaired) electrons. The Kier molecular flexibility index (Phi) is 6.96. The Morgan fingerprint density at radius 1 is 1.20 bits per heavy atom. The molecule has 0 aliphatic heterocycles. The van der Waals surface area contributed by atoms with Gasteiger partial charge in [-0.3, -0.25) is 9.69 Å². The van der Waals surface area contributed by atoms with Gasteiger partial charge in [0.25, 0.3) is 5.91 Å². The van der Waals surface area contributed by atoms with E-state index in [2.05, 4.69) is 42.9 Å². The molecule has 0 aromatic carbocycles. The zero-order chi connectivity index (χ0) is 18.4. The van der Waals surface area contributed by atoms with Gasteiger partial charge in [0.05, 0.1) is 12.0 Å². The van der Waals surface area contributed by atoms with Gasteiger partial charge in [0.15, 0.2) is 0 Å². The van der Waals surface area contributed by atoms with Crippen LogP contribution < -0.4 is 10.1 Å². The van der Waals surface area contributed by atoms with E-state index in [1.807, 2.05) is 24.3 Å². The van der Waals surface area contributed by atoms with Crippen molar-refractivity contribution in [1.29, 1.82) is 0 Å². The van der Waals surface area contributed by atoms with Crippen LogP contribution in [0.1, 0.15) is 37.4 Å². The molecule has 0 saturated heterocycles. The Morgan fingerprint density at radius 3 is 2.48 bits per heavy atom. The van der Waals surface area contributed by atoms with Gasteiger partial charge in [-0.15, -0.1) is 11.3 Å². The smallest absolute Gasteiger partial charge is 0.261 e. The van der Waals surface area contributed by atoms with E-state index in [4.69, 9.17) is 4.74 Å². The number of aromatic nitrogens is 1. The van der Waals surface area contributed by atoms with Gasteiger partial charge in [-0.25, -0.2) is 4.98 Å². The second-order valence-electron chi connectivity index (χ2n) is 6.43. The fraction of sp³-hybridized carbons (Fsp3) is 0.474. The second kappa shape index (κ2) is 8.97. The lowest BCUT2D eigenvalue weighted by Gasteiger charge is -2.30. The third-order valence-electron chi connectivity index (χ3n) is 4.04. The molecular weight excluding hydrogens is 334 g/mol. The first kappa shape index (κ1) is 19.4. The third-order valence-corrected chi connectivity index (χ3v) is 5.18. The number of nitrogens with zero attached hydrogens (tertiary/aromatic N) is 2. The van der Waals surface area contributed by atoms with Crippen molar-refractivity contribution in [2.24, 2.45) is 0 Å². The molecule has 1 N–H and O–H groups in total. The zero-order valence-electron chi connectivity index (χ0n) is 15.6. The van der Waals surface area contributed by atoms with Gasteiger partial charge in [0.2, 0.25) is 5.88 Å². The maximum atomic E-state index is 12.4. The van der Waals surface area contributed by atoms with Crippen LogP contribution in [0.2, 0.25) is 0 Å². The minimum Gasteiger partial charge on any atom is -0.481 e. The molecule has 25 heavy (non-hydrogen) atoms. The molecule has 0 unspecified atom stereocenters. The van der Waals surface area contributed by atoms with Gasteiger partial charge >= 0.3 is 0 Å². The van der Waals surface area contributed by atoms with Crippen LogP contribution in [-0.4, -0.2) is 48.1 Å². The number of hydrogen-bond acceptors (Lipinski definition) is 5. The summed E-state index contributed by atoms with van der Waals surface area (Å²) in [4.78, 5) is 20.7. The van der Waals surface area contributed by atoms with Gasteiger partial charge in [-0.2, -0.15) is 0 Å². The third kappa shape index (κ3) is 5.28. The van der Waals surface area contributed by atoms with Crippen LogP contribution in [0.5, 0.6) is 5.88 Å². The molecule has 0 saturated carbocycles. The maximum Gasteiger partial charge on any atom is 0.261 e. The number of carbonyl (C=O) groups is 1. The Hall–Kier alpha value is -1.92. The van der Waals surface area contributed by atoms with Crippen molar-refractivity contribution in [3.63, 3.8) is 0 Å². The average molecular weight is 362 g/mol. The summed E-state index contributed by atoms with van der Waals surface area (Å²) >= 11 is 1.47. The molecule has 0 fully saturated rings. The highest BCUT2D eigenvalue weighted by Gasteiger charge is 2.14. The van der Waals surface area contributed by atoms with Gasteiger partial charge in [-0.05, 0) is 45.9 Å². The summed E-state index contributed by atoms with van der Waals surface area (Å²) in [6, 6.07) is 8.52. The number of hydrogen-bond donors (Lipinski definition) is 1. The van der Waals surface area contributed by atoms with E-state index in [0.717, 1.165) is 17.0 Å². The summed E-state index contributed by atoms with van der Waals surface area (Å²) in [7, 11) is 1.59. The molecule has 2 heterocycles. The van der Waals surface area contributed by atoms with Crippen molar-refractivity contribution in [3.05, 3.63) is 35.3 Å². The standard InChI is InChI=1S/C19H27N3O2S/c1-13(2)22(14(3)4)11-10-20-19(23)17-8-7-16(25-17)15-6-9-18(24-5)21-12-15/h6-9,12-14H,10-11H2,1-5H3,(H,20,23). The SMILES string of the molecule is COc1ccc(-c2ccc(C(=O)NCCN(C(C)C)C(C)C)s2)cn1. The molecule has 2 aromatic rings. The molecule has 5 nitrogen and oxygen atoms in total. The lowest BCUT2D eigenvalue weighted by molar-refractivity contribution is 0.0943. The quantitative estimate of drug-likeness (QED) is 0.779. The summed E-state index contributed by atoms with van der Waals surface area (Å²) in [6.45, 7) is 10.2. The number of ether oxygens (including phenoxy) is 1. The molecule has 1 amide bonds. The van der Waals surface area contributed by atoms with E-state index >= 15 is 0 Å². The minimum atomic E-state index is -0.0230. The molecule has 0 atom stereocenters.